The highest BCUT2D eigenvalue weighted by molar-refractivity contribution is 5.79. The molecule has 160 valence electrons. The Morgan fingerprint density at radius 2 is 1.80 bits per heavy atom. The number of nitrogens with zero attached hydrogens (tertiary/aromatic N) is 2. The molecule has 1 saturated carbocycles. The zero-order valence-electron chi connectivity index (χ0n) is 17.7. The molecule has 0 saturated heterocycles. The summed E-state index contributed by atoms with van der Waals surface area (Å²) < 4.78 is 0. The van der Waals surface area contributed by atoms with Crippen LogP contribution in [0.25, 0.3) is 5.57 Å². The number of carbonyl (C=O) groups is 1. The molecule has 2 amide bonds. The minimum absolute atomic E-state index is 0.218. The summed E-state index contributed by atoms with van der Waals surface area (Å²) in [5.41, 5.74) is 3.50. The molecule has 0 spiro atoms. The van der Waals surface area contributed by atoms with E-state index in [0.29, 0.717) is 6.54 Å². The highest BCUT2D eigenvalue weighted by Gasteiger charge is 2.18. The summed E-state index contributed by atoms with van der Waals surface area (Å²) in [6.45, 7) is 0.371. The third-order valence-electron chi connectivity index (χ3n) is 5.65. The second-order valence-electron chi connectivity index (χ2n) is 7.98. The van der Waals surface area contributed by atoms with Crippen LogP contribution in [0.3, 0.4) is 0 Å². The fourth-order valence-corrected chi connectivity index (χ4v) is 3.97. The summed E-state index contributed by atoms with van der Waals surface area (Å²) in [4.78, 5) is 16.3. The summed E-state index contributed by atoms with van der Waals surface area (Å²) in [5, 5.41) is 13.8. The van der Waals surface area contributed by atoms with E-state index in [9.17, 15) is 10.0 Å². The van der Waals surface area contributed by atoms with Crippen molar-refractivity contribution in [2.75, 3.05) is 6.54 Å². The number of hydrogen-bond acceptors (Lipinski definition) is 3. The van der Waals surface area contributed by atoms with E-state index in [1.54, 1.807) is 6.20 Å². The lowest BCUT2D eigenvalue weighted by molar-refractivity contribution is -0.0454. The van der Waals surface area contributed by atoms with E-state index in [1.807, 2.05) is 30.5 Å². The van der Waals surface area contributed by atoms with Crippen molar-refractivity contribution >= 4 is 11.6 Å². The molecule has 2 N–H and O–H groups in total. The van der Waals surface area contributed by atoms with Crippen LogP contribution in [0.2, 0.25) is 0 Å². The van der Waals surface area contributed by atoms with Crippen molar-refractivity contribution in [1.82, 2.24) is 15.4 Å². The number of carbonyl (C=O) groups excluding carboxylic acids is 1. The van der Waals surface area contributed by atoms with Gasteiger partial charge in [-0.3, -0.25) is 10.2 Å². The van der Waals surface area contributed by atoms with Gasteiger partial charge in [0.1, 0.15) is 0 Å². The summed E-state index contributed by atoms with van der Waals surface area (Å²) in [6.07, 6.45) is 15.3. The number of rotatable bonds is 9. The lowest BCUT2D eigenvalue weighted by Crippen LogP contribution is -2.44. The van der Waals surface area contributed by atoms with Crippen molar-refractivity contribution in [3.63, 3.8) is 0 Å². The van der Waals surface area contributed by atoms with Gasteiger partial charge in [-0.15, -0.1) is 0 Å². The molecule has 1 aliphatic carbocycles. The highest BCUT2D eigenvalue weighted by atomic mass is 16.5. The quantitative estimate of drug-likeness (QED) is 0.313. The molecule has 1 aromatic heterocycles. The van der Waals surface area contributed by atoms with Crippen molar-refractivity contribution in [1.29, 1.82) is 0 Å². The molecular formula is C25H33N3O2. The van der Waals surface area contributed by atoms with Crippen molar-refractivity contribution < 1.29 is 10.0 Å². The van der Waals surface area contributed by atoms with Gasteiger partial charge in [-0.1, -0.05) is 68.2 Å². The number of hydroxylamine groups is 2. The summed E-state index contributed by atoms with van der Waals surface area (Å²) in [7, 11) is 0. The number of pyridine rings is 1. The Hall–Kier alpha value is -2.66. The van der Waals surface area contributed by atoms with Gasteiger partial charge in [0, 0.05) is 24.0 Å². The Bertz CT molecular complexity index is 745. The molecule has 1 aromatic carbocycles. The first-order chi connectivity index (χ1) is 14.7. The number of allylic oxidation sites excluding steroid dienone is 1. The van der Waals surface area contributed by atoms with Crippen LogP contribution < -0.4 is 5.32 Å². The maximum Gasteiger partial charge on any atom is 0.341 e. The van der Waals surface area contributed by atoms with Crippen LogP contribution in [-0.2, 0) is 0 Å². The first-order valence-corrected chi connectivity index (χ1v) is 11.2. The van der Waals surface area contributed by atoms with Crippen LogP contribution in [0.4, 0.5) is 4.79 Å². The third kappa shape index (κ3) is 6.99. The Labute approximate surface area is 179 Å². The number of hydrogen-bond donors (Lipinski definition) is 2. The van der Waals surface area contributed by atoms with Gasteiger partial charge in [0.2, 0.25) is 0 Å². The van der Waals surface area contributed by atoms with Gasteiger partial charge in [-0.2, -0.15) is 0 Å². The lowest BCUT2D eigenvalue weighted by atomic mass is 9.96. The van der Waals surface area contributed by atoms with Crippen molar-refractivity contribution in [3.05, 3.63) is 72.1 Å². The average molecular weight is 408 g/mol. The predicted molar refractivity (Wildman–Crippen MR) is 120 cm³/mol. The summed E-state index contributed by atoms with van der Waals surface area (Å²) in [5.74, 6) is 0. The van der Waals surface area contributed by atoms with Crippen molar-refractivity contribution in [2.45, 2.75) is 63.8 Å². The van der Waals surface area contributed by atoms with Crippen molar-refractivity contribution in [3.8, 4) is 0 Å². The van der Waals surface area contributed by atoms with Gasteiger partial charge in [0.25, 0.3) is 0 Å². The summed E-state index contributed by atoms with van der Waals surface area (Å²) >= 11 is 0. The number of aromatic nitrogens is 1. The lowest BCUT2D eigenvalue weighted by Gasteiger charge is -2.25. The van der Waals surface area contributed by atoms with E-state index in [-0.39, 0.29) is 12.1 Å². The average Bonchev–Trinajstić information content (AvgIpc) is 2.80. The van der Waals surface area contributed by atoms with Crippen molar-refractivity contribution in [2.24, 2.45) is 0 Å². The molecular weight excluding hydrogens is 374 g/mol. The van der Waals surface area contributed by atoms with Crippen LogP contribution in [0, 0.1) is 0 Å². The Kier molecular flexibility index (Phi) is 8.91. The van der Waals surface area contributed by atoms with E-state index in [1.165, 1.54) is 17.6 Å². The normalized spacial score (nSPS) is 15.0. The fourth-order valence-electron chi connectivity index (χ4n) is 3.97. The van der Waals surface area contributed by atoms with E-state index >= 15 is 0 Å². The fraction of sp³-hybridized carbons (Fsp3) is 0.440. The van der Waals surface area contributed by atoms with Gasteiger partial charge in [0.05, 0.1) is 6.54 Å². The zero-order chi connectivity index (χ0) is 21.0. The van der Waals surface area contributed by atoms with Crippen LogP contribution in [0.15, 0.2) is 60.9 Å². The highest BCUT2D eigenvalue weighted by Crippen LogP contribution is 2.24. The Morgan fingerprint density at radius 3 is 2.53 bits per heavy atom. The van der Waals surface area contributed by atoms with E-state index in [2.05, 4.69) is 34.6 Å². The van der Waals surface area contributed by atoms with Crippen LogP contribution in [-0.4, -0.2) is 33.9 Å². The van der Waals surface area contributed by atoms with Gasteiger partial charge in [0.15, 0.2) is 0 Å². The van der Waals surface area contributed by atoms with Crippen LogP contribution >= 0.6 is 0 Å². The van der Waals surface area contributed by atoms with Gasteiger partial charge < -0.3 is 5.32 Å². The number of amides is 2. The second-order valence-corrected chi connectivity index (χ2v) is 7.98. The molecule has 0 unspecified atom stereocenters. The third-order valence-corrected chi connectivity index (χ3v) is 5.65. The minimum Gasteiger partial charge on any atom is -0.333 e. The molecule has 0 atom stereocenters. The van der Waals surface area contributed by atoms with Gasteiger partial charge in [-0.05, 0) is 49.3 Å². The molecule has 0 bridgehead atoms. The number of benzene rings is 1. The SMILES string of the molecule is O=C(NC1CCCCC1)N(O)CCCCC/C=C(/c1ccccc1)c1cccnc1. The Balaban J connectivity index is 1.42. The molecule has 1 aliphatic rings. The van der Waals surface area contributed by atoms with Gasteiger partial charge >= 0.3 is 6.03 Å². The second kappa shape index (κ2) is 12.1. The maximum atomic E-state index is 12.1. The van der Waals surface area contributed by atoms with E-state index in [4.69, 9.17) is 0 Å². The number of urea groups is 1. The monoisotopic (exact) mass is 407 g/mol. The molecule has 3 rings (SSSR count). The molecule has 0 aliphatic heterocycles. The van der Waals surface area contributed by atoms with Crippen LogP contribution in [0.1, 0.15) is 68.9 Å². The molecule has 0 radical (unpaired) electrons. The summed E-state index contributed by atoms with van der Waals surface area (Å²) in [6, 6.07) is 14.3. The first kappa shape index (κ1) is 22.0. The van der Waals surface area contributed by atoms with E-state index < -0.39 is 0 Å². The van der Waals surface area contributed by atoms with Gasteiger partial charge in [-0.25, -0.2) is 9.86 Å². The molecule has 1 fully saturated rings. The topological polar surface area (TPSA) is 65.5 Å². The predicted octanol–water partition coefficient (Wildman–Crippen LogP) is 5.81. The molecule has 2 aromatic rings. The number of unbranched alkanes of at least 4 members (excludes halogenated alkanes) is 3. The molecule has 1 heterocycles. The number of nitrogens with one attached hydrogen (secondary N) is 1. The standard InChI is InChI=1S/C25H33N3O2/c29-25(27-23-15-7-4-8-16-23)28(30)19-10-2-1-9-17-24(21-12-5-3-6-13-21)22-14-11-18-26-20-22/h3,5-6,11-14,17-18,20,23,30H,1-2,4,7-10,15-16,19H2,(H,27,29)/b24-17-. The largest absolute Gasteiger partial charge is 0.341 e. The minimum atomic E-state index is -0.357. The molecule has 5 heteroatoms. The van der Waals surface area contributed by atoms with E-state index in [0.717, 1.165) is 62.0 Å². The zero-order valence-corrected chi connectivity index (χ0v) is 17.7. The smallest absolute Gasteiger partial charge is 0.333 e. The molecule has 30 heavy (non-hydrogen) atoms. The Morgan fingerprint density at radius 1 is 1.03 bits per heavy atom. The first-order valence-electron chi connectivity index (χ1n) is 11.2. The maximum absolute atomic E-state index is 12.1. The van der Waals surface area contributed by atoms with Crippen LogP contribution in [0.5, 0.6) is 0 Å². The molecule has 5 nitrogen and oxygen atoms in total.